The summed E-state index contributed by atoms with van der Waals surface area (Å²) in [6, 6.07) is 0. The van der Waals surface area contributed by atoms with Crippen LogP contribution in [0.25, 0.3) is 0 Å². The highest BCUT2D eigenvalue weighted by Gasteiger charge is 2.22. The largest absolute Gasteiger partial charge is 0.457 e. The van der Waals surface area contributed by atoms with Gasteiger partial charge in [-0.15, -0.1) is 0 Å². The van der Waals surface area contributed by atoms with Crippen molar-refractivity contribution in [3.05, 3.63) is 0 Å². The van der Waals surface area contributed by atoms with Gasteiger partial charge in [0.1, 0.15) is 6.10 Å². The summed E-state index contributed by atoms with van der Waals surface area (Å²) >= 11 is 0. The minimum Gasteiger partial charge on any atom is -0.381 e. The summed E-state index contributed by atoms with van der Waals surface area (Å²) in [6.45, 7) is 1.17. The van der Waals surface area contributed by atoms with Crippen molar-refractivity contribution in [1.82, 2.24) is 0 Å². The molecule has 9 heavy (non-hydrogen) atoms. The summed E-state index contributed by atoms with van der Waals surface area (Å²) in [7, 11) is 0. The van der Waals surface area contributed by atoms with Crippen LogP contribution in [0.4, 0.5) is 13.2 Å². The summed E-state index contributed by atoms with van der Waals surface area (Å²) in [4.78, 5) is 0. The van der Waals surface area contributed by atoms with Crippen LogP contribution in [0.1, 0.15) is 6.92 Å². The topological polar surface area (TPSA) is 20.2 Å². The summed E-state index contributed by atoms with van der Waals surface area (Å²) in [6.07, 6.45) is -5.71. The van der Waals surface area contributed by atoms with Crippen molar-refractivity contribution in [1.29, 1.82) is 0 Å². The minimum absolute atomic E-state index is 0.921. The Morgan fingerprint density at radius 3 is 2.00 bits per heavy atom. The second-order valence-electron chi connectivity index (χ2n) is 1.44. The van der Waals surface area contributed by atoms with Crippen LogP contribution in [0.15, 0.2) is 0 Å². The molecule has 0 saturated carbocycles. The standard InChI is InChI=1S/C5H5F3O/c1-4(9)2-3-5(6,7)8/h4,9H,1H3. The van der Waals surface area contributed by atoms with E-state index in [-0.39, 0.29) is 0 Å². The van der Waals surface area contributed by atoms with Gasteiger partial charge in [0.05, 0.1) is 0 Å². The number of hydrogen-bond acceptors (Lipinski definition) is 1. The first kappa shape index (κ1) is 8.31. The van der Waals surface area contributed by atoms with Gasteiger partial charge >= 0.3 is 6.18 Å². The van der Waals surface area contributed by atoms with Crippen LogP contribution in [0.3, 0.4) is 0 Å². The molecule has 1 unspecified atom stereocenters. The lowest BCUT2D eigenvalue weighted by molar-refractivity contribution is -0.0699. The summed E-state index contributed by atoms with van der Waals surface area (Å²) in [5.74, 6) is 2.49. The minimum atomic E-state index is -4.49. The van der Waals surface area contributed by atoms with Gasteiger partial charge in [-0.25, -0.2) is 0 Å². The Balaban J connectivity index is 3.88. The van der Waals surface area contributed by atoms with Crippen LogP contribution < -0.4 is 0 Å². The van der Waals surface area contributed by atoms with Gasteiger partial charge in [-0.1, -0.05) is 5.92 Å². The SMILES string of the molecule is CC(O)C#CC(F)(F)F. The fraction of sp³-hybridized carbons (Fsp3) is 0.600. The fourth-order valence-electron chi connectivity index (χ4n) is 0.186. The Labute approximate surface area is 50.5 Å². The molecule has 0 heterocycles. The van der Waals surface area contributed by atoms with E-state index in [4.69, 9.17) is 5.11 Å². The number of hydrogen-bond donors (Lipinski definition) is 1. The van der Waals surface area contributed by atoms with Crippen molar-refractivity contribution < 1.29 is 18.3 Å². The third-order valence-corrected chi connectivity index (χ3v) is 0.423. The summed E-state index contributed by atoms with van der Waals surface area (Å²) < 4.78 is 33.4. The average Bonchev–Trinajstić information content (AvgIpc) is 1.59. The van der Waals surface area contributed by atoms with E-state index < -0.39 is 12.3 Å². The molecule has 0 rings (SSSR count). The lowest BCUT2D eigenvalue weighted by Crippen LogP contribution is -2.04. The van der Waals surface area contributed by atoms with Gasteiger partial charge < -0.3 is 5.11 Å². The van der Waals surface area contributed by atoms with Crippen LogP contribution in [-0.4, -0.2) is 17.4 Å². The highest BCUT2D eigenvalue weighted by atomic mass is 19.4. The molecule has 0 fully saturated rings. The molecule has 0 aliphatic carbocycles. The van der Waals surface area contributed by atoms with E-state index in [9.17, 15) is 13.2 Å². The fourth-order valence-corrected chi connectivity index (χ4v) is 0.186. The van der Waals surface area contributed by atoms with Crippen molar-refractivity contribution in [3.8, 4) is 11.8 Å². The Morgan fingerprint density at radius 1 is 1.44 bits per heavy atom. The predicted octanol–water partition coefficient (Wildman–Crippen LogP) is 0.933. The lowest BCUT2D eigenvalue weighted by atomic mass is 10.4. The average molecular weight is 138 g/mol. The summed E-state index contributed by atoms with van der Waals surface area (Å²) in [5.41, 5.74) is 0. The molecule has 1 N–H and O–H groups in total. The maximum atomic E-state index is 11.1. The van der Waals surface area contributed by atoms with Crippen LogP contribution in [-0.2, 0) is 0 Å². The van der Waals surface area contributed by atoms with E-state index >= 15 is 0 Å². The predicted molar refractivity (Wildman–Crippen MR) is 25.5 cm³/mol. The Hall–Kier alpha value is -0.690. The Kier molecular flexibility index (Phi) is 2.53. The van der Waals surface area contributed by atoms with Crippen LogP contribution in [0.5, 0.6) is 0 Å². The molecule has 0 aromatic carbocycles. The van der Waals surface area contributed by atoms with Gasteiger partial charge in [0, 0.05) is 5.92 Å². The van der Waals surface area contributed by atoms with Crippen molar-refractivity contribution in [3.63, 3.8) is 0 Å². The molecule has 0 aliphatic rings. The van der Waals surface area contributed by atoms with Crippen molar-refractivity contribution in [2.45, 2.75) is 19.2 Å². The molecule has 0 aromatic heterocycles. The smallest absolute Gasteiger partial charge is 0.381 e. The molecule has 0 aromatic rings. The lowest BCUT2D eigenvalue weighted by Gasteiger charge is -1.92. The van der Waals surface area contributed by atoms with Crippen molar-refractivity contribution in [2.75, 3.05) is 0 Å². The molecule has 0 aliphatic heterocycles. The molecule has 1 nitrogen and oxygen atoms in total. The van der Waals surface area contributed by atoms with Crippen LogP contribution >= 0.6 is 0 Å². The summed E-state index contributed by atoms with van der Waals surface area (Å²) in [5, 5.41) is 8.24. The van der Waals surface area contributed by atoms with Gasteiger partial charge in [-0.2, -0.15) is 13.2 Å². The third-order valence-electron chi connectivity index (χ3n) is 0.423. The Bertz CT molecular complexity index is 137. The van der Waals surface area contributed by atoms with Crippen LogP contribution in [0, 0.1) is 11.8 Å². The normalized spacial score (nSPS) is 13.9. The van der Waals surface area contributed by atoms with Gasteiger partial charge in [0.15, 0.2) is 0 Å². The van der Waals surface area contributed by atoms with E-state index in [0.717, 1.165) is 5.92 Å². The van der Waals surface area contributed by atoms with Gasteiger partial charge in [-0.05, 0) is 6.92 Å². The zero-order chi connectivity index (χ0) is 7.49. The van der Waals surface area contributed by atoms with E-state index in [2.05, 4.69) is 0 Å². The second kappa shape index (κ2) is 2.74. The van der Waals surface area contributed by atoms with Crippen LogP contribution in [0.2, 0.25) is 0 Å². The molecular formula is C5H5F3O. The molecule has 0 spiro atoms. The molecule has 4 heteroatoms. The number of aliphatic hydroxyl groups is 1. The van der Waals surface area contributed by atoms with Gasteiger partial charge in [-0.3, -0.25) is 0 Å². The van der Waals surface area contributed by atoms with Gasteiger partial charge in [0.2, 0.25) is 0 Å². The highest BCUT2D eigenvalue weighted by molar-refractivity contribution is 5.08. The maximum absolute atomic E-state index is 11.1. The molecular weight excluding hydrogens is 133 g/mol. The van der Waals surface area contributed by atoms with E-state index in [1.54, 1.807) is 5.92 Å². The first-order chi connectivity index (χ1) is 3.92. The van der Waals surface area contributed by atoms with E-state index in [1.165, 1.54) is 6.92 Å². The molecule has 1 atom stereocenters. The number of aliphatic hydroxyl groups excluding tert-OH is 1. The first-order valence-electron chi connectivity index (χ1n) is 2.19. The molecule has 0 saturated heterocycles. The van der Waals surface area contributed by atoms with E-state index in [1.807, 2.05) is 0 Å². The highest BCUT2D eigenvalue weighted by Crippen LogP contribution is 2.11. The maximum Gasteiger partial charge on any atom is 0.457 e. The molecule has 0 bridgehead atoms. The molecule has 0 radical (unpaired) electrons. The number of halogens is 3. The van der Waals surface area contributed by atoms with Crippen molar-refractivity contribution in [2.24, 2.45) is 0 Å². The zero-order valence-electron chi connectivity index (χ0n) is 4.66. The van der Waals surface area contributed by atoms with Gasteiger partial charge in [0.25, 0.3) is 0 Å². The quantitative estimate of drug-likeness (QED) is 0.494. The first-order valence-corrected chi connectivity index (χ1v) is 2.19. The Morgan fingerprint density at radius 2 is 1.89 bits per heavy atom. The zero-order valence-corrected chi connectivity index (χ0v) is 4.66. The molecule has 52 valence electrons. The van der Waals surface area contributed by atoms with Crippen molar-refractivity contribution >= 4 is 0 Å². The number of alkyl halides is 3. The second-order valence-corrected chi connectivity index (χ2v) is 1.44. The number of rotatable bonds is 0. The molecule has 0 amide bonds. The third kappa shape index (κ3) is 7.31. The monoisotopic (exact) mass is 138 g/mol. The van der Waals surface area contributed by atoms with E-state index in [0.29, 0.717) is 0 Å².